The summed E-state index contributed by atoms with van der Waals surface area (Å²) in [4.78, 5) is 17.3. The van der Waals surface area contributed by atoms with Gasteiger partial charge in [-0.1, -0.05) is 6.07 Å². The van der Waals surface area contributed by atoms with Gasteiger partial charge < -0.3 is 15.1 Å². The summed E-state index contributed by atoms with van der Waals surface area (Å²) in [5.41, 5.74) is 1.45. The van der Waals surface area contributed by atoms with Crippen LogP contribution in [0.4, 0.5) is 9.18 Å². The van der Waals surface area contributed by atoms with Crippen molar-refractivity contribution in [2.75, 3.05) is 13.1 Å². The molecule has 25 heavy (non-hydrogen) atoms. The van der Waals surface area contributed by atoms with Crippen LogP contribution in [0.1, 0.15) is 10.6 Å². The first-order valence-corrected chi connectivity index (χ1v) is 8.83. The predicted molar refractivity (Wildman–Crippen MR) is 95.0 cm³/mol. The Balaban J connectivity index is 1.38. The van der Waals surface area contributed by atoms with E-state index in [9.17, 15) is 9.18 Å². The molecule has 0 saturated carbocycles. The van der Waals surface area contributed by atoms with Crippen LogP contribution in [0.2, 0.25) is 0 Å². The third kappa shape index (κ3) is 5.15. The number of carbonyl (C=O) groups excluding carboxylic acids is 1. The van der Waals surface area contributed by atoms with Gasteiger partial charge in [-0.3, -0.25) is 0 Å². The minimum absolute atomic E-state index is 0.196. The Hall–Kier alpha value is -2.67. The molecule has 0 unspecified atom stereocenters. The van der Waals surface area contributed by atoms with Crippen LogP contribution in [0.3, 0.4) is 0 Å². The molecule has 0 aliphatic carbocycles. The summed E-state index contributed by atoms with van der Waals surface area (Å²) >= 11 is 1.68. The van der Waals surface area contributed by atoms with E-state index < -0.39 is 0 Å². The number of hydrogen-bond donors (Lipinski definition) is 2. The molecule has 0 atom stereocenters. The largest absolute Gasteiger partial charge is 0.444 e. The fourth-order valence-corrected chi connectivity index (χ4v) is 2.98. The molecule has 130 valence electrons. The van der Waals surface area contributed by atoms with Crippen LogP contribution in [0.25, 0.3) is 11.5 Å². The van der Waals surface area contributed by atoms with Crippen molar-refractivity contribution in [3.8, 4) is 11.5 Å². The molecule has 0 bridgehead atoms. The normalized spacial score (nSPS) is 10.6. The minimum Gasteiger partial charge on any atom is -0.444 e. The highest BCUT2D eigenvalue weighted by Gasteiger charge is 2.07. The fourth-order valence-electron chi connectivity index (χ4n) is 2.27. The van der Waals surface area contributed by atoms with E-state index in [-0.39, 0.29) is 11.8 Å². The van der Waals surface area contributed by atoms with Crippen LogP contribution in [-0.4, -0.2) is 24.1 Å². The molecule has 0 radical (unpaired) electrons. The highest BCUT2D eigenvalue weighted by atomic mass is 32.1. The summed E-state index contributed by atoms with van der Waals surface area (Å²) in [7, 11) is 0. The van der Waals surface area contributed by atoms with Crippen molar-refractivity contribution < 1.29 is 13.6 Å². The molecule has 1 aromatic carbocycles. The predicted octanol–water partition coefficient (Wildman–Crippen LogP) is 3.63. The summed E-state index contributed by atoms with van der Waals surface area (Å²) in [5.74, 6) is 0.139. The van der Waals surface area contributed by atoms with Crippen LogP contribution in [0, 0.1) is 5.82 Å². The monoisotopic (exact) mass is 359 g/mol. The highest BCUT2D eigenvalue weighted by molar-refractivity contribution is 7.09. The molecule has 5 nitrogen and oxygen atoms in total. The van der Waals surface area contributed by atoms with E-state index in [4.69, 9.17) is 4.42 Å². The molecule has 2 heterocycles. The van der Waals surface area contributed by atoms with Gasteiger partial charge in [0.2, 0.25) is 5.89 Å². The molecule has 3 aromatic rings. The van der Waals surface area contributed by atoms with Gasteiger partial charge in [0.1, 0.15) is 12.1 Å². The van der Waals surface area contributed by atoms with Gasteiger partial charge in [0.25, 0.3) is 0 Å². The Morgan fingerprint density at radius 2 is 1.88 bits per heavy atom. The quantitative estimate of drug-likeness (QED) is 0.677. The highest BCUT2D eigenvalue weighted by Crippen LogP contribution is 2.18. The first-order valence-electron chi connectivity index (χ1n) is 7.95. The second kappa shape index (κ2) is 8.43. The average Bonchev–Trinajstić information content (AvgIpc) is 3.28. The van der Waals surface area contributed by atoms with Crippen molar-refractivity contribution in [1.29, 1.82) is 0 Å². The van der Waals surface area contributed by atoms with Crippen LogP contribution < -0.4 is 10.6 Å². The van der Waals surface area contributed by atoms with Crippen molar-refractivity contribution in [2.24, 2.45) is 0 Å². The molecule has 0 aliphatic rings. The van der Waals surface area contributed by atoms with Crippen LogP contribution >= 0.6 is 11.3 Å². The van der Waals surface area contributed by atoms with Crippen molar-refractivity contribution >= 4 is 17.4 Å². The van der Waals surface area contributed by atoms with Crippen molar-refractivity contribution in [3.05, 3.63) is 64.4 Å². The SMILES string of the molecule is O=C(NCCc1coc(-c2ccc(F)cc2)n1)NCCc1cccs1. The lowest BCUT2D eigenvalue weighted by Gasteiger charge is -2.05. The number of thiophene rings is 1. The molecule has 2 amide bonds. The molecule has 7 heteroatoms. The number of benzene rings is 1. The van der Waals surface area contributed by atoms with E-state index in [2.05, 4.69) is 15.6 Å². The molecule has 0 spiro atoms. The molecule has 2 N–H and O–H groups in total. The summed E-state index contributed by atoms with van der Waals surface area (Å²) < 4.78 is 18.3. The topological polar surface area (TPSA) is 67.2 Å². The van der Waals surface area contributed by atoms with E-state index in [1.165, 1.54) is 17.0 Å². The number of amides is 2. The second-order valence-corrected chi connectivity index (χ2v) is 6.45. The lowest BCUT2D eigenvalue weighted by atomic mass is 10.2. The molecule has 0 saturated heterocycles. The zero-order chi connectivity index (χ0) is 17.5. The van der Waals surface area contributed by atoms with Crippen LogP contribution in [-0.2, 0) is 12.8 Å². The number of urea groups is 1. The Kier molecular flexibility index (Phi) is 5.79. The molecule has 0 fully saturated rings. The van der Waals surface area contributed by atoms with E-state index in [1.54, 1.807) is 29.7 Å². The zero-order valence-electron chi connectivity index (χ0n) is 13.5. The average molecular weight is 359 g/mol. The number of carbonyl (C=O) groups is 1. The Labute approximate surface area is 148 Å². The number of nitrogens with one attached hydrogen (secondary N) is 2. The van der Waals surface area contributed by atoms with Crippen molar-refractivity contribution in [1.82, 2.24) is 15.6 Å². The standard InChI is InChI=1S/C18H18FN3O2S/c19-14-5-3-13(4-6-14)17-22-15(12-24-17)7-9-20-18(23)21-10-8-16-2-1-11-25-16/h1-6,11-12H,7-10H2,(H2,20,21,23). The van der Waals surface area contributed by atoms with Gasteiger partial charge in [0.15, 0.2) is 0 Å². The maximum absolute atomic E-state index is 12.9. The van der Waals surface area contributed by atoms with E-state index in [0.717, 1.165) is 12.1 Å². The van der Waals surface area contributed by atoms with Crippen molar-refractivity contribution in [2.45, 2.75) is 12.8 Å². The maximum atomic E-state index is 12.9. The third-order valence-electron chi connectivity index (χ3n) is 3.55. The van der Waals surface area contributed by atoms with Gasteiger partial charge in [-0.05, 0) is 42.1 Å². The van der Waals surface area contributed by atoms with Crippen LogP contribution in [0.15, 0.2) is 52.5 Å². The summed E-state index contributed by atoms with van der Waals surface area (Å²) in [6.45, 7) is 1.06. The smallest absolute Gasteiger partial charge is 0.314 e. The number of rotatable bonds is 7. The van der Waals surface area contributed by atoms with Gasteiger partial charge >= 0.3 is 6.03 Å². The van der Waals surface area contributed by atoms with Gasteiger partial charge in [0.05, 0.1) is 5.69 Å². The first kappa shape index (κ1) is 17.2. The van der Waals surface area contributed by atoms with Gasteiger partial charge in [-0.2, -0.15) is 0 Å². The van der Waals surface area contributed by atoms with Gasteiger partial charge in [-0.15, -0.1) is 11.3 Å². The van der Waals surface area contributed by atoms with Crippen LogP contribution in [0.5, 0.6) is 0 Å². The number of halogens is 1. The van der Waals surface area contributed by atoms with Crippen molar-refractivity contribution in [3.63, 3.8) is 0 Å². The zero-order valence-corrected chi connectivity index (χ0v) is 14.3. The number of hydrogen-bond acceptors (Lipinski definition) is 4. The fraction of sp³-hybridized carbons (Fsp3) is 0.222. The Morgan fingerprint density at radius 1 is 1.12 bits per heavy atom. The van der Waals surface area contributed by atoms with E-state index in [1.807, 2.05) is 17.5 Å². The second-order valence-electron chi connectivity index (χ2n) is 5.41. The Morgan fingerprint density at radius 3 is 2.60 bits per heavy atom. The van der Waals surface area contributed by atoms with E-state index >= 15 is 0 Å². The first-order chi connectivity index (χ1) is 12.2. The van der Waals surface area contributed by atoms with Gasteiger partial charge in [-0.25, -0.2) is 14.2 Å². The Bertz CT molecular complexity index is 800. The third-order valence-corrected chi connectivity index (χ3v) is 4.48. The van der Waals surface area contributed by atoms with E-state index in [0.29, 0.717) is 31.0 Å². The molecule has 2 aromatic heterocycles. The summed E-state index contributed by atoms with van der Waals surface area (Å²) in [5, 5.41) is 7.63. The number of nitrogens with zero attached hydrogens (tertiary/aromatic N) is 1. The lowest BCUT2D eigenvalue weighted by Crippen LogP contribution is -2.37. The molecular formula is C18H18FN3O2S. The summed E-state index contributed by atoms with van der Waals surface area (Å²) in [6, 6.07) is 9.81. The summed E-state index contributed by atoms with van der Waals surface area (Å²) in [6.07, 6.45) is 2.94. The van der Waals surface area contributed by atoms with Gasteiger partial charge in [0, 0.05) is 30.0 Å². The molecule has 3 rings (SSSR count). The number of aromatic nitrogens is 1. The maximum Gasteiger partial charge on any atom is 0.314 e. The lowest BCUT2D eigenvalue weighted by molar-refractivity contribution is 0.241. The number of oxazole rings is 1. The minimum atomic E-state index is -0.301. The molecule has 0 aliphatic heterocycles. The molecular weight excluding hydrogens is 341 g/mol.